The van der Waals surface area contributed by atoms with Crippen LogP contribution in [0.3, 0.4) is 0 Å². The van der Waals surface area contributed by atoms with Crippen LogP contribution in [0.5, 0.6) is 0 Å². The molecule has 1 heterocycles. The van der Waals surface area contributed by atoms with Gasteiger partial charge in [0.25, 0.3) is 0 Å². The van der Waals surface area contributed by atoms with Gasteiger partial charge in [-0.1, -0.05) is 48.5 Å². The number of thiophene rings is 1. The van der Waals surface area contributed by atoms with E-state index in [-0.39, 0.29) is 0 Å². The van der Waals surface area contributed by atoms with E-state index < -0.39 is 0 Å². The van der Waals surface area contributed by atoms with Crippen LogP contribution in [-0.4, -0.2) is 0 Å². The lowest BCUT2D eigenvalue weighted by Crippen LogP contribution is -1.98. The van der Waals surface area contributed by atoms with Crippen molar-refractivity contribution in [3.05, 3.63) is 78.4 Å². The second-order valence-electron chi connectivity index (χ2n) is 5.15. The van der Waals surface area contributed by atoms with Crippen molar-refractivity contribution in [3.63, 3.8) is 0 Å². The fourth-order valence-electron chi connectivity index (χ4n) is 2.64. The number of fused-ring (bicyclic) bond motifs is 3. The zero-order chi connectivity index (χ0) is 14.1. The molecule has 3 aromatic carbocycles. The number of nitrogens with one attached hydrogen (secondary N) is 1. The van der Waals surface area contributed by atoms with Gasteiger partial charge >= 0.3 is 0 Å². The molecule has 4 aromatic rings. The van der Waals surface area contributed by atoms with Gasteiger partial charge in [-0.25, -0.2) is 0 Å². The Bertz CT molecular complexity index is 893. The number of benzene rings is 3. The summed E-state index contributed by atoms with van der Waals surface area (Å²) in [5, 5.41) is 6.20. The monoisotopic (exact) mass is 289 g/mol. The van der Waals surface area contributed by atoms with Crippen LogP contribution in [0.1, 0.15) is 5.56 Å². The van der Waals surface area contributed by atoms with Crippen LogP contribution in [0.2, 0.25) is 0 Å². The van der Waals surface area contributed by atoms with Gasteiger partial charge in [0.1, 0.15) is 0 Å². The fourth-order valence-corrected chi connectivity index (χ4v) is 3.72. The molecule has 21 heavy (non-hydrogen) atoms. The van der Waals surface area contributed by atoms with E-state index in [0.717, 1.165) is 6.54 Å². The highest BCUT2D eigenvalue weighted by atomic mass is 32.1. The lowest BCUT2D eigenvalue weighted by atomic mass is 10.1. The molecule has 0 spiro atoms. The van der Waals surface area contributed by atoms with E-state index in [1.165, 1.54) is 31.4 Å². The molecular weight excluding hydrogens is 274 g/mol. The molecule has 1 nitrogen and oxygen atoms in total. The molecule has 0 amide bonds. The molecule has 0 aliphatic heterocycles. The second kappa shape index (κ2) is 5.23. The third-order valence-electron chi connectivity index (χ3n) is 3.72. The number of anilines is 1. The summed E-state index contributed by atoms with van der Waals surface area (Å²) in [7, 11) is 0. The Morgan fingerprint density at radius 3 is 2.38 bits per heavy atom. The van der Waals surface area contributed by atoms with E-state index in [0.29, 0.717) is 0 Å². The Kier molecular flexibility index (Phi) is 3.09. The average Bonchev–Trinajstić information content (AvgIpc) is 2.92. The summed E-state index contributed by atoms with van der Waals surface area (Å²) < 4.78 is 2.70. The van der Waals surface area contributed by atoms with Gasteiger partial charge in [-0.05, 0) is 29.8 Å². The second-order valence-corrected chi connectivity index (χ2v) is 6.23. The van der Waals surface area contributed by atoms with Crippen LogP contribution < -0.4 is 5.32 Å². The SMILES string of the molecule is c1ccc(CNc2ccc3sc4ccccc4c3c2)cc1. The van der Waals surface area contributed by atoms with E-state index >= 15 is 0 Å². The van der Waals surface area contributed by atoms with Crippen LogP contribution in [0.4, 0.5) is 5.69 Å². The van der Waals surface area contributed by atoms with Crippen LogP contribution in [0.15, 0.2) is 72.8 Å². The van der Waals surface area contributed by atoms with Gasteiger partial charge in [-0.15, -0.1) is 11.3 Å². The molecule has 0 unspecified atom stereocenters. The zero-order valence-corrected chi connectivity index (χ0v) is 12.4. The maximum Gasteiger partial charge on any atom is 0.0400 e. The number of rotatable bonds is 3. The molecule has 102 valence electrons. The van der Waals surface area contributed by atoms with Crippen molar-refractivity contribution in [2.45, 2.75) is 6.54 Å². The topological polar surface area (TPSA) is 12.0 Å². The normalized spacial score (nSPS) is 11.0. The largest absolute Gasteiger partial charge is 0.381 e. The van der Waals surface area contributed by atoms with Gasteiger partial charge in [0.05, 0.1) is 0 Å². The van der Waals surface area contributed by atoms with Crippen LogP contribution in [0.25, 0.3) is 20.2 Å². The van der Waals surface area contributed by atoms with E-state index in [1.54, 1.807) is 0 Å². The van der Waals surface area contributed by atoms with Gasteiger partial charge in [0.15, 0.2) is 0 Å². The molecule has 0 saturated heterocycles. The molecule has 0 radical (unpaired) electrons. The smallest absolute Gasteiger partial charge is 0.0400 e. The molecule has 1 aromatic heterocycles. The number of hydrogen-bond donors (Lipinski definition) is 1. The molecule has 2 heteroatoms. The lowest BCUT2D eigenvalue weighted by Gasteiger charge is -2.06. The highest BCUT2D eigenvalue weighted by Crippen LogP contribution is 2.35. The van der Waals surface area contributed by atoms with Crippen molar-refractivity contribution in [1.29, 1.82) is 0 Å². The van der Waals surface area contributed by atoms with Gasteiger partial charge in [0, 0.05) is 32.4 Å². The van der Waals surface area contributed by atoms with Crippen LogP contribution in [-0.2, 0) is 6.54 Å². The fraction of sp³-hybridized carbons (Fsp3) is 0.0526. The highest BCUT2D eigenvalue weighted by Gasteiger charge is 2.05. The molecule has 0 aliphatic carbocycles. The Balaban J connectivity index is 1.68. The third kappa shape index (κ3) is 2.39. The summed E-state index contributed by atoms with van der Waals surface area (Å²) in [5.41, 5.74) is 2.47. The zero-order valence-electron chi connectivity index (χ0n) is 11.5. The molecule has 0 fully saturated rings. The maximum atomic E-state index is 3.51. The summed E-state index contributed by atoms with van der Waals surface area (Å²) in [6.07, 6.45) is 0. The van der Waals surface area contributed by atoms with Crippen molar-refractivity contribution in [2.75, 3.05) is 5.32 Å². The standard InChI is InChI=1S/C19H15NS/c1-2-6-14(7-3-1)13-20-15-10-11-19-17(12-15)16-8-4-5-9-18(16)21-19/h1-12,20H,13H2. The van der Waals surface area contributed by atoms with E-state index in [1.807, 2.05) is 17.4 Å². The van der Waals surface area contributed by atoms with Gasteiger partial charge < -0.3 is 5.32 Å². The Morgan fingerprint density at radius 2 is 1.48 bits per heavy atom. The Morgan fingerprint density at radius 1 is 0.714 bits per heavy atom. The molecule has 4 rings (SSSR count). The molecule has 0 saturated carbocycles. The summed E-state index contributed by atoms with van der Waals surface area (Å²) in [6.45, 7) is 0.856. The van der Waals surface area contributed by atoms with Crippen molar-refractivity contribution in [2.24, 2.45) is 0 Å². The minimum atomic E-state index is 0.856. The molecule has 0 aliphatic rings. The van der Waals surface area contributed by atoms with Gasteiger partial charge in [-0.3, -0.25) is 0 Å². The Labute approximate surface area is 127 Å². The first-order chi connectivity index (χ1) is 10.4. The van der Waals surface area contributed by atoms with Gasteiger partial charge in [0.2, 0.25) is 0 Å². The highest BCUT2D eigenvalue weighted by molar-refractivity contribution is 7.25. The summed E-state index contributed by atoms with van der Waals surface area (Å²) in [4.78, 5) is 0. The Hall–Kier alpha value is -2.32. The maximum absolute atomic E-state index is 3.51. The first kappa shape index (κ1) is 12.4. The molecule has 0 atom stereocenters. The van der Waals surface area contributed by atoms with E-state index in [9.17, 15) is 0 Å². The van der Waals surface area contributed by atoms with Crippen molar-refractivity contribution >= 4 is 37.2 Å². The van der Waals surface area contributed by atoms with Crippen LogP contribution >= 0.6 is 11.3 Å². The average molecular weight is 289 g/mol. The molecule has 1 N–H and O–H groups in total. The summed E-state index contributed by atoms with van der Waals surface area (Å²) in [5.74, 6) is 0. The minimum Gasteiger partial charge on any atom is -0.381 e. The minimum absolute atomic E-state index is 0.856. The third-order valence-corrected chi connectivity index (χ3v) is 4.87. The predicted molar refractivity (Wildman–Crippen MR) is 93.1 cm³/mol. The van der Waals surface area contributed by atoms with Crippen LogP contribution in [0, 0.1) is 0 Å². The molecule has 0 bridgehead atoms. The molecular formula is C19H15NS. The van der Waals surface area contributed by atoms with Crippen molar-refractivity contribution in [1.82, 2.24) is 0 Å². The predicted octanol–water partition coefficient (Wildman–Crippen LogP) is 5.67. The number of hydrogen-bond acceptors (Lipinski definition) is 2. The lowest BCUT2D eigenvalue weighted by molar-refractivity contribution is 1.15. The van der Waals surface area contributed by atoms with Gasteiger partial charge in [-0.2, -0.15) is 0 Å². The first-order valence-corrected chi connectivity index (χ1v) is 7.91. The van der Waals surface area contributed by atoms with Crippen molar-refractivity contribution < 1.29 is 0 Å². The van der Waals surface area contributed by atoms with Crippen molar-refractivity contribution in [3.8, 4) is 0 Å². The van der Waals surface area contributed by atoms with E-state index in [4.69, 9.17) is 0 Å². The summed E-state index contributed by atoms with van der Waals surface area (Å²) in [6, 6.07) is 25.7. The quantitative estimate of drug-likeness (QED) is 0.512. The summed E-state index contributed by atoms with van der Waals surface area (Å²) >= 11 is 1.86. The van der Waals surface area contributed by atoms with E-state index in [2.05, 4.69) is 72.0 Å². The first-order valence-electron chi connectivity index (χ1n) is 7.09.